The van der Waals surface area contributed by atoms with Gasteiger partial charge in [-0.25, -0.2) is 0 Å². The summed E-state index contributed by atoms with van der Waals surface area (Å²) in [5, 5.41) is 9.34. The number of aliphatic carboxylic acids is 1. The van der Waals surface area contributed by atoms with Gasteiger partial charge in [0.2, 0.25) is 0 Å². The van der Waals surface area contributed by atoms with E-state index in [4.69, 9.17) is 4.74 Å². The zero-order valence-corrected chi connectivity index (χ0v) is 15.6. The van der Waals surface area contributed by atoms with Gasteiger partial charge in [-0.3, -0.25) is 9.59 Å². The first-order valence-corrected chi connectivity index (χ1v) is 10.0. The Hall–Kier alpha value is -1.53. The normalized spacial score (nSPS) is 24.5. The van der Waals surface area contributed by atoms with Crippen LogP contribution in [0.5, 0.6) is 0 Å². The van der Waals surface area contributed by atoms with Crippen molar-refractivity contribution in [1.29, 1.82) is 0 Å². The van der Waals surface area contributed by atoms with Crippen molar-refractivity contribution in [3.63, 3.8) is 0 Å². The number of piperidine rings is 1. The van der Waals surface area contributed by atoms with Crippen molar-refractivity contribution in [2.24, 2.45) is 11.8 Å². The molecule has 0 bridgehead atoms. The number of nitrogens with zero attached hydrogens (tertiary/aromatic N) is 1. The number of hydrogen-bond acceptors (Lipinski definition) is 4. The van der Waals surface area contributed by atoms with Crippen molar-refractivity contribution >= 4 is 23.6 Å². The summed E-state index contributed by atoms with van der Waals surface area (Å²) < 4.78 is 5.71. The molecule has 0 spiro atoms. The number of hydrogen-bond donors (Lipinski definition) is 1. The largest absolute Gasteiger partial charge is 0.481 e. The van der Waals surface area contributed by atoms with Crippen LogP contribution in [0.3, 0.4) is 0 Å². The minimum Gasteiger partial charge on any atom is -0.481 e. The van der Waals surface area contributed by atoms with Crippen molar-refractivity contribution in [3.8, 4) is 0 Å². The molecule has 2 aliphatic rings. The van der Waals surface area contributed by atoms with Gasteiger partial charge < -0.3 is 14.7 Å². The summed E-state index contributed by atoms with van der Waals surface area (Å²) in [4.78, 5) is 27.2. The summed E-state index contributed by atoms with van der Waals surface area (Å²) >= 11 is 1.63. The Labute approximate surface area is 152 Å². The van der Waals surface area contributed by atoms with Crippen LogP contribution < -0.4 is 0 Å². The molecule has 1 N–H and O–H groups in total. The zero-order chi connectivity index (χ0) is 18.0. The van der Waals surface area contributed by atoms with Gasteiger partial charge in [0.25, 0.3) is 5.91 Å². The van der Waals surface area contributed by atoms with Crippen LogP contribution in [-0.4, -0.2) is 53.9 Å². The number of carboxylic acid groups (broad SMARTS) is 1. The fourth-order valence-electron chi connectivity index (χ4n) is 3.90. The molecule has 0 saturated carbocycles. The molecule has 2 fully saturated rings. The fourth-order valence-corrected chi connectivity index (χ4v) is 4.34. The first-order chi connectivity index (χ1) is 12.0. The second kappa shape index (κ2) is 7.79. The summed E-state index contributed by atoms with van der Waals surface area (Å²) in [6, 6.07) is 6.00. The Morgan fingerprint density at radius 2 is 1.96 bits per heavy atom. The van der Waals surface area contributed by atoms with E-state index in [0.29, 0.717) is 26.1 Å². The number of amides is 1. The van der Waals surface area contributed by atoms with E-state index < -0.39 is 11.9 Å². The molecule has 1 unspecified atom stereocenters. The number of carbonyl (C=O) groups is 2. The van der Waals surface area contributed by atoms with Gasteiger partial charge >= 0.3 is 5.97 Å². The van der Waals surface area contributed by atoms with E-state index in [1.165, 1.54) is 0 Å². The molecule has 5 nitrogen and oxygen atoms in total. The third-order valence-electron chi connectivity index (χ3n) is 5.42. The first-order valence-electron chi connectivity index (χ1n) is 8.79. The number of thioether (sulfide) groups is 1. The van der Waals surface area contributed by atoms with Crippen molar-refractivity contribution in [1.82, 2.24) is 4.90 Å². The summed E-state index contributed by atoms with van der Waals surface area (Å²) in [5.41, 5.74) is 1.76. The van der Waals surface area contributed by atoms with E-state index in [-0.39, 0.29) is 17.9 Å². The van der Waals surface area contributed by atoms with Crippen LogP contribution in [0.1, 0.15) is 35.2 Å². The second-order valence-corrected chi connectivity index (χ2v) is 7.76. The number of benzene rings is 1. The van der Waals surface area contributed by atoms with Crippen LogP contribution in [0, 0.1) is 18.8 Å². The molecule has 1 aromatic rings. The summed E-state index contributed by atoms with van der Waals surface area (Å²) in [6.45, 7) is 3.83. The van der Waals surface area contributed by atoms with E-state index in [1.54, 1.807) is 11.8 Å². The van der Waals surface area contributed by atoms with Gasteiger partial charge in [-0.1, -0.05) is 6.07 Å². The monoisotopic (exact) mass is 363 g/mol. The standard InChI is InChI=1S/C19H25NO4S/c1-12-3-4-14(25-2)11-16(12)18(21)20-8-5-13(6-9-20)17-15(19(22)23)7-10-24-17/h3-4,11,13,15,17H,5-10H2,1-2H3,(H,22,23)/t15?,17-/m0/s1. The molecule has 0 aromatic heterocycles. The molecule has 3 rings (SSSR count). The maximum Gasteiger partial charge on any atom is 0.309 e. The second-order valence-electron chi connectivity index (χ2n) is 6.88. The lowest BCUT2D eigenvalue weighted by Crippen LogP contribution is -2.43. The minimum atomic E-state index is -0.759. The highest BCUT2D eigenvalue weighted by Crippen LogP contribution is 2.33. The molecule has 2 aliphatic heterocycles. The lowest BCUT2D eigenvalue weighted by Gasteiger charge is -2.35. The smallest absolute Gasteiger partial charge is 0.309 e. The lowest BCUT2D eigenvalue weighted by atomic mass is 9.84. The quantitative estimate of drug-likeness (QED) is 0.833. The van der Waals surface area contributed by atoms with Gasteiger partial charge in [0.1, 0.15) is 0 Å². The lowest BCUT2D eigenvalue weighted by molar-refractivity contribution is -0.145. The molecule has 2 heterocycles. The zero-order valence-electron chi connectivity index (χ0n) is 14.7. The van der Waals surface area contributed by atoms with Crippen LogP contribution in [0.15, 0.2) is 23.1 Å². The first kappa shape index (κ1) is 18.3. The number of aryl methyl sites for hydroxylation is 1. The topological polar surface area (TPSA) is 66.8 Å². The average molecular weight is 363 g/mol. The highest BCUT2D eigenvalue weighted by molar-refractivity contribution is 7.98. The van der Waals surface area contributed by atoms with Gasteiger partial charge in [-0.2, -0.15) is 0 Å². The van der Waals surface area contributed by atoms with Crippen LogP contribution in [0.4, 0.5) is 0 Å². The average Bonchev–Trinajstić information content (AvgIpc) is 3.12. The SMILES string of the molecule is CSc1ccc(C)c(C(=O)N2CCC([C@@H]3OCCC3C(=O)O)CC2)c1. The van der Waals surface area contributed by atoms with Crippen LogP contribution in [0.25, 0.3) is 0 Å². The summed E-state index contributed by atoms with van der Waals surface area (Å²) in [5.74, 6) is -0.849. The molecule has 136 valence electrons. The molecule has 1 aromatic carbocycles. The van der Waals surface area contributed by atoms with Crippen molar-refractivity contribution < 1.29 is 19.4 Å². The minimum absolute atomic E-state index is 0.0778. The molecular weight excluding hydrogens is 338 g/mol. The Kier molecular flexibility index (Phi) is 5.69. The van der Waals surface area contributed by atoms with Crippen molar-refractivity contribution in [2.75, 3.05) is 26.0 Å². The number of ether oxygens (including phenoxy) is 1. The van der Waals surface area contributed by atoms with Gasteiger partial charge in [-0.15, -0.1) is 11.8 Å². The maximum atomic E-state index is 12.9. The number of rotatable bonds is 4. The van der Waals surface area contributed by atoms with E-state index in [2.05, 4.69) is 0 Å². The van der Waals surface area contributed by atoms with Crippen LogP contribution in [-0.2, 0) is 9.53 Å². The Morgan fingerprint density at radius 3 is 2.60 bits per heavy atom. The molecule has 1 amide bonds. The Morgan fingerprint density at radius 1 is 1.24 bits per heavy atom. The predicted octanol–water partition coefficient (Wildman–Crippen LogP) is 3.06. The van der Waals surface area contributed by atoms with E-state index >= 15 is 0 Å². The summed E-state index contributed by atoms with van der Waals surface area (Å²) in [6.07, 6.45) is 4.02. The molecule has 6 heteroatoms. The van der Waals surface area contributed by atoms with Crippen molar-refractivity contribution in [3.05, 3.63) is 29.3 Å². The van der Waals surface area contributed by atoms with Gasteiger partial charge in [-0.05, 0) is 56.1 Å². The Balaban J connectivity index is 1.64. The van der Waals surface area contributed by atoms with Crippen molar-refractivity contribution in [2.45, 2.75) is 37.2 Å². The highest BCUT2D eigenvalue weighted by atomic mass is 32.2. The van der Waals surface area contributed by atoms with Gasteiger partial charge in [0.05, 0.1) is 12.0 Å². The summed E-state index contributed by atoms with van der Waals surface area (Å²) in [7, 11) is 0. The number of carbonyl (C=O) groups excluding carboxylic acids is 1. The van der Waals surface area contributed by atoms with Gasteiger partial charge in [0.15, 0.2) is 0 Å². The number of likely N-dealkylation sites (tertiary alicyclic amines) is 1. The maximum absolute atomic E-state index is 12.9. The van der Waals surface area contributed by atoms with Gasteiger partial charge in [0, 0.05) is 30.2 Å². The van der Waals surface area contributed by atoms with Crippen LogP contribution in [0.2, 0.25) is 0 Å². The van der Waals surface area contributed by atoms with E-state index in [9.17, 15) is 14.7 Å². The third kappa shape index (κ3) is 3.85. The molecule has 0 aliphatic carbocycles. The fraction of sp³-hybridized carbons (Fsp3) is 0.579. The number of carboxylic acids is 1. The molecule has 2 atom stereocenters. The molecule has 0 radical (unpaired) electrons. The molecular formula is C19H25NO4S. The van der Waals surface area contributed by atoms with Crippen LogP contribution >= 0.6 is 11.8 Å². The predicted molar refractivity (Wildman–Crippen MR) is 97.1 cm³/mol. The Bertz CT molecular complexity index is 655. The van der Waals surface area contributed by atoms with E-state index in [1.807, 2.05) is 36.3 Å². The molecule has 25 heavy (non-hydrogen) atoms. The third-order valence-corrected chi connectivity index (χ3v) is 6.14. The van der Waals surface area contributed by atoms with E-state index in [0.717, 1.165) is 28.9 Å². The molecule has 2 saturated heterocycles. The highest BCUT2D eigenvalue weighted by Gasteiger charge is 2.40.